The lowest BCUT2D eigenvalue weighted by molar-refractivity contribution is 0.315. The third-order valence-electron chi connectivity index (χ3n) is 3.12. The van der Waals surface area contributed by atoms with Gasteiger partial charge in [-0.25, -0.2) is 0 Å². The maximum Gasteiger partial charge on any atom is 0.00507 e. The molecule has 0 aliphatic carbocycles. The average Bonchev–Trinajstić information content (AvgIpc) is 2.35. The highest BCUT2D eigenvalue weighted by Gasteiger charge is 2.03. The second-order valence-corrected chi connectivity index (χ2v) is 4.79. The van der Waals surface area contributed by atoms with E-state index >= 15 is 0 Å². The fraction of sp³-hybridized carbons (Fsp3) is 0.600. The monoisotopic (exact) mass is 234 g/mol. The van der Waals surface area contributed by atoms with Crippen LogP contribution < -0.4 is 5.32 Å². The summed E-state index contributed by atoms with van der Waals surface area (Å²) in [5, 5.41) is 3.45. The van der Waals surface area contributed by atoms with E-state index in [2.05, 4.69) is 61.4 Å². The first kappa shape index (κ1) is 14.2. The first-order chi connectivity index (χ1) is 8.22. The summed E-state index contributed by atoms with van der Waals surface area (Å²) in [6.45, 7) is 7.79. The molecule has 0 heterocycles. The number of nitrogens with zero attached hydrogens (tertiary/aromatic N) is 1. The van der Waals surface area contributed by atoms with Crippen LogP contribution in [0, 0.1) is 0 Å². The largest absolute Gasteiger partial charge is 0.314 e. The van der Waals surface area contributed by atoms with E-state index in [0.29, 0.717) is 6.04 Å². The van der Waals surface area contributed by atoms with Crippen molar-refractivity contribution in [2.45, 2.75) is 32.7 Å². The van der Waals surface area contributed by atoms with Gasteiger partial charge in [0.05, 0.1) is 0 Å². The van der Waals surface area contributed by atoms with Gasteiger partial charge >= 0.3 is 0 Å². The maximum atomic E-state index is 3.45. The molecule has 0 aliphatic rings. The number of nitrogens with one attached hydrogen (secondary N) is 1. The van der Waals surface area contributed by atoms with Crippen LogP contribution in [0.15, 0.2) is 30.3 Å². The van der Waals surface area contributed by atoms with E-state index in [1.807, 2.05) is 0 Å². The average molecular weight is 234 g/mol. The Bertz CT molecular complexity index is 284. The summed E-state index contributed by atoms with van der Waals surface area (Å²) < 4.78 is 0. The number of hydrogen-bond acceptors (Lipinski definition) is 2. The minimum absolute atomic E-state index is 0.624. The Hall–Kier alpha value is -0.860. The number of likely N-dealkylation sites (N-methyl/N-ethyl adjacent to an activating group) is 1. The maximum absolute atomic E-state index is 3.45. The molecule has 0 fully saturated rings. The highest BCUT2D eigenvalue weighted by molar-refractivity contribution is 5.14. The van der Waals surface area contributed by atoms with Crippen LogP contribution in [0.5, 0.6) is 0 Å². The van der Waals surface area contributed by atoms with Crippen molar-refractivity contribution in [3.05, 3.63) is 35.9 Å². The first-order valence-corrected chi connectivity index (χ1v) is 6.68. The summed E-state index contributed by atoms with van der Waals surface area (Å²) in [4.78, 5) is 2.42. The van der Waals surface area contributed by atoms with Gasteiger partial charge in [0.25, 0.3) is 0 Å². The van der Waals surface area contributed by atoms with Gasteiger partial charge in [-0.2, -0.15) is 0 Å². The van der Waals surface area contributed by atoms with Crippen LogP contribution >= 0.6 is 0 Å². The smallest absolute Gasteiger partial charge is 0.00507 e. The van der Waals surface area contributed by atoms with Crippen molar-refractivity contribution in [3.63, 3.8) is 0 Å². The van der Waals surface area contributed by atoms with Crippen LogP contribution in [-0.2, 0) is 6.42 Å². The highest BCUT2D eigenvalue weighted by atomic mass is 15.1. The lowest BCUT2D eigenvalue weighted by atomic mass is 10.1. The molecule has 2 heteroatoms. The second-order valence-electron chi connectivity index (χ2n) is 4.79. The van der Waals surface area contributed by atoms with E-state index in [1.54, 1.807) is 0 Å². The Kier molecular flexibility index (Phi) is 6.90. The van der Waals surface area contributed by atoms with Gasteiger partial charge in [-0.1, -0.05) is 37.3 Å². The quantitative estimate of drug-likeness (QED) is 0.743. The standard InChI is InChI=1S/C15H26N2/c1-4-16-14(2)10-12-17(3)13-11-15-8-6-5-7-9-15/h5-9,14,16H,4,10-13H2,1-3H3. The zero-order chi connectivity index (χ0) is 12.5. The van der Waals surface area contributed by atoms with Crippen molar-refractivity contribution in [3.8, 4) is 0 Å². The van der Waals surface area contributed by atoms with Gasteiger partial charge in [-0.3, -0.25) is 0 Å². The molecule has 1 atom stereocenters. The van der Waals surface area contributed by atoms with Crippen molar-refractivity contribution in [2.24, 2.45) is 0 Å². The molecule has 0 saturated heterocycles. The predicted octanol–water partition coefficient (Wildman–Crippen LogP) is 2.55. The summed E-state index contributed by atoms with van der Waals surface area (Å²) in [6.07, 6.45) is 2.37. The molecule has 0 spiro atoms. The Labute approximate surface area is 106 Å². The molecule has 0 saturated carbocycles. The van der Waals surface area contributed by atoms with Gasteiger partial charge in [0.1, 0.15) is 0 Å². The second kappa shape index (κ2) is 8.26. The molecule has 96 valence electrons. The summed E-state index contributed by atoms with van der Waals surface area (Å²) in [5.41, 5.74) is 1.43. The third kappa shape index (κ3) is 6.44. The van der Waals surface area contributed by atoms with Gasteiger partial charge in [-0.15, -0.1) is 0 Å². The first-order valence-electron chi connectivity index (χ1n) is 6.68. The SMILES string of the molecule is CCNC(C)CCN(C)CCc1ccccc1. The van der Waals surface area contributed by atoms with Gasteiger partial charge in [-0.05, 0) is 45.5 Å². The molecule has 0 radical (unpaired) electrons. The van der Waals surface area contributed by atoms with Crippen molar-refractivity contribution >= 4 is 0 Å². The van der Waals surface area contributed by atoms with Crippen LogP contribution in [0.3, 0.4) is 0 Å². The molecule has 1 aromatic carbocycles. The minimum Gasteiger partial charge on any atom is -0.314 e. The Morgan fingerprint density at radius 3 is 2.53 bits per heavy atom. The minimum atomic E-state index is 0.624. The fourth-order valence-electron chi connectivity index (χ4n) is 1.94. The predicted molar refractivity (Wildman–Crippen MR) is 75.4 cm³/mol. The van der Waals surface area contributed by atoms with E-state index in [9.17, 15) is 0 Å². The molecule has 0 aromatic heterocycles. The van der Waals surface area contributed by atoms with Gasteiger partial charge in [0.2, 0.25) is 0 Å². The van der Waals surface area contributed by atoms with E-state index < -0.39 is 0 Å². The van der Waals surface area contributed by atoms with Crippen molar-refractivity contribution in [1.29, 1.82) is 0 Å². The number of rotatable bonds is 8. The molecule has 1 N–H and O–H groups in total. The lowest BCUT2D eigenvalue weighted by Gasteiger charge is -2.19. The van der Waals surface area contributed by atoms with Crippen molar-refractivity contribution in [1.82, 2.24) is 10.2 Å². The molecule has 1 rings (SSSR count). The zero-order valence-electron chi connectivity index (χ0n) is 11.4. The number of benzene rings is 1. The van der Waals surface area contributed by atoms with Gasteiger partial charge in [0, 0.05) is 12.6 Å². The fourth-order valence-corrected chi connectivity index (χ4v) is 1.94. The molecule has 17 heavy (non-hydrogen) atoms. The van der Waals surface area contributed by atoms with Crippen LogP contribution in [0.2, 0.25) is 0 Å². The third-order valence-corrected chi connectivity index (χ3v) is 3.12. The molecule has 1 unspecified atom stereocenters. The van der Waals surface area contributed by atoms with Crippen LogP contribution in [-0.4, -0.2) is 37.6 Å². The molecule has 1 aromatic rings. The summed E-state index contributed by atoms with van der Waals surface area (Å²) >= 11 is 0. The van der Waals surface area contributed by atoms with E-state index in [4.69, 9.17) is 0 Å². The van der Waals surface area contributed by atoms with Gasteiger partial charge in [0.15, 0.2) is 0 Å². The molecule has 0 bridgehead atoms. The zero-order valence-corrected chi connectivity index (χ0v) is 11.4. The molecular weight excluding hydrogens is 208 g/mol. The van der Waals surface area contributed by atoms with E-state index in [-0.39, 0.29) is 0 Å². The molecule has 0 aliphatic heterocycles. The van der Waals surface area contributed by atoms with Crippen molar-refractivity contribution in [2.75, 3.05) is 26.7 Å². The summed E-state index contributed by atoms with van der Waals surface area (Å²) in [5.74, 6) is 0. The van der Waals surface area contributed by atoms with Crippen molar-refractivity contribution < 1.29 is 0 Å². The molecule has 0 amide bonds. The molecule has 2 nitrogen and oxygen atoms in total. The topological polar surface area (TPSA) is 15.3 Å². The molecular formula is C15H26N2. The Morgan fingerprint density at radius 1 is 1.18 bits per heavy atom. The van der Waals surface area contributed by atoms with E-state index in [1.165, 1.54) is 18.5 Å². The van der Waals surface area contributed by atoms with Crippen LogP contribution in [0.25, 0.3) is 0 Å². The van der Waals surface area contributed by atoms with E-state index in [0.717, 1.165) is 19.5 Å². The van der Waals surface area contributed by atoms with Crippen LogP contribution in [0.4, 0.5) is 0 Å². The highest BCUT2D eigenvalue weighted by Crippen LogP contribution is 2.01. The normalized spacial score (nSPS) is 12.9. The summed E-state index contributed by atoms with van der Waals surface area (Å²) in [7, 11) is 2.21. The Morgan fingerprint density at radius 2 is 1.88 bits per heavy atom. The lowest BCUT2D eigenvalue weighted by Crippen LogP contribution is -2.31. The van der Waals surface area contributed by atoms with Gasteiger partial charge < -0.3 is 10.2 Å². The Balaban J connectivity index is 2.15. The summed E-state index contributed by atoms with van der Waals surface area (Å²) in [6, 6.07) is 11.3. The number of hydrogen-bond donors (Lipinski definition) is 1. The van der Waals surface area contributed by atoms with Crippen LogP contribution in [0.1, 0.15) is 25.8 Å².